The van der Waals surface area contributed by atoms with Crippen molar-refractivity contribution in [3.8, 4) is 0 Å². The Hall–Kier alpha value is -2.04. The number of hydrogen-bond donors (Lipinski definition) is 2. The van der Waals surface area contributed by atoms with Gasteiger partial charge in [-0.3, -0.25) is 4.79 Å². The summed E-state index contributed by atoms with van der Waals surface area (Å²) in [6, 6.07) is 5.88. The summed E-state index contributed by atoms with van der Waals surface area (Å²) in [4.78, 5) is 22.7. The second-order valence-electron chi connectivity index (χ2n) is 4.26. The van der Waals surface area contributed by atoms with Crippen LogP contribution in [0.4, 0.5) is 10.5 Å². The van der Waals surface area contributed by atoms with Crippen LogP contribution in [0.2, 0.25) is 0 Å². The van der Waals surface area contributed by atoms with Gasteiger partial charge < -0.3 is 15.4 Å². The molecule has 0 fully saturated rings. The molecule has 1 rings (SSSR count). The molecule has 0 bridgehead atoms. The summed E-state index contributed by atoms with van der Waals surface area (Å²) in [5.74, 6) is -0.134. The van der Waals surface area contributed by atoms with Crippen molar-refractivity contribution in [1.29, 1.82) is 0 Å². The second kappa shape index (κ2) is 7.41. The van der Waals surface area contributed by atoms with Crippen molar-refractivity contribution in [2.75, 3.05) is 18.5 Å². The number of carbonyl (C=O) groups excluding carboxylic acids is 2. The zero-order chi connectivity index (χ0) is 14.3. The first-order valence-corrected chi connectivity index (χ1v) is 6.30. The van der Waals surface area contributed by atoms with Gasteiger partial charge in [-0.2, -0.15) is 0 Å². The molecule has 5 nitrogen and oxygen atoms in total. The number of nitrogens with one attached hydrogen (secondary N) is 2. The van der Waals surface area contributed by atoms with Crippen molar-refractivity contribution in [3.05, 3.63) is 29.3 Å². The third-order valence-corrected chi connectivity index (χ3v) is 2.56. The summed E-state index contributed by atoms with van der Waals surface area (Å²) in [5.41, 5.74) is 2.91. The maximum Gasteiger partial charge on any atom is 0.407 e. The minimum atomic E-state index is -0.498. The molecule has 0 atom stereocenters. The van der Waals surface area contributed by atoms with E-state index in [0.29, 0.717) is 6.61 Å². The molecular formula is C14H20N2O3. The highest BCUT2D eigenvalue weighted by Crippen LogP contribution is 2.16. The largest absolute Gasteiger partial charge is 0.450 e. The first-order chi connectivity index (χ1) is 9.02. The Morgan fingerprint density at radius 3 is 2.68 bits per heavy atom. The Bertz CT molecular complexity index is 458. The molecular weight excluding hydrogens is 244 g/mol. The van der Waals surface area contributed by atoms with E-state index < -0.39 is 6.09 Å². The van der Waals surface area contributed by atoms with Crippen LogP contribution in [0.1, 0.15) is 24.5 Å². The van der Waals surface area contributed by atoms with Gasteiger partial charge in [0.2, 0.25) is 5.91 Å². The highest BCUT2D eigenvalue weighted by molar-refractivity contribution is 5.91. The Labute approximate surface area is 113 Å². The van der Waals surface area contributed by atoms with Gasteiger partial charge >= 0.3 is 6.09 Å². The summed E-state index contributed by atoms with van der Waals surface area (Å²) in [6.45, 7) is 6.21. The number of carbonyl (C=O) groups is 2. The lowest BCUT2D eigenvalue weighted by molar-refractivity contribution is -0.116. The monoisotopic (exact) mass is 264 g/mol. The Balaban J connectivity index is 2.39. The van der Waals surface area contributed by atoms with E-state index in [-0.39, 0.29) is 18.9 Å². The van der Waals surface area contributed by atoms with E-state index in [2.05, 4.69) is 10.6 Å². The molecule has 0 aliphatic rings. The Morgan fingerprint density at radius 1 is 1.26 bits per heavy atom. The predicted octanol–water partition coefficient (Wildman–Crippen LogP) is 2.38. The van der Waals surface area contributed by atoms with E-state index in [1.54, 1.807) is 6.92 Å². The van der Waals surface area contributed by atoms with E-state index >= 15 is 0 Å². The number of anilines is 1. The topological polar surface area (TPSA) is 67.4 Å². The fraction of sp³-hybridized carbons (Fsp3) is 0.429. The summed E-state index contributed by atoms with van der Waals surface area (Å²) in [5, 5.41) is 5.33. The van der Waals surface area contributed by atoms with Crippen LogP contribution in [0.15, 0.2) is 18.2 Å². The molecule has 2 amide bonds. The molecule has 19 heavy (non-hydrogen) atoms. The highest BCUT2D eigenvalue weighted by Gasteiger charge is 2.06. The highest BCUT2D eigenvalue weighted by atomic mass is 16.5. The molecule has 2 N–H and O–H groups in total. The lowest BCUT2D eigenvalue weighted by atomic mass is 10.1. The second-order valence-corrected chi connectivity index (χ2v) is 4.26. The predicted molar refractivity (Wildman–Crippen MR) is 74.2 cm³/mol. The average Bonchev–Trinajstić information content (AvgIpc) is 2.34. The number of alkyl carbamates (subject to hydrolysis) is 1. The number of hydrogen-bond acceptors (Lipinski definition) is 3. The fourth-order valence-electron chi connectivity index (χ4n) is 1.54. The van der Waals surface area contributed by atoms with Gasteiger partial charge in [0.1, 0.15) is 0 Å². The SMILES string of the molecule is CCOC(=O)NCCC(=O)Nc1cc(C)ccc1C. The lowest BCUT2D eigenvalue weighted by Crippen LogP contribution is -2.28. The van der Waals surface area contributed by atoms with Gasteiger partial charge in [-0.25, -0.2) is 4.79 Å². The number of amides is 2. The zero-order valence-corrected chi connectivity index (χ0v) is 11.6. The van der Waals surface area contributed by atoms with Crippen LogP contribution in [0.5, 0.6) is 0 Å². The van der Waals surface area contributed by atoms with Crippen LogP contribution in [0.3, 0.4) is 0 Å². The minimum absolute atomic E-state index is 0.134. The van der Waals surface area contributed by atoms with Gasteiger partial charge in [-0.1, -0.05) is 12.1 Å². The third kappa shape index (κ3) is 5.42. The molecule has 1 aromatic carbocycles. The fourth-order valence-corrected chi connectivity index (χ4v) is 1.54. The number of benzene rings is 1. The van der Waals surface area contributed by atoms with E-state index in [4.69, 9.17) is 4.74 Å². The maximum atomic E-state index is 11.7. The van der Waals surface area contributed by atoms with E-state index in [9.17, 15) is 9.59 Å². The van der Waals surface area contributed by atoms with Gasteiger partial charge in [0.25, 0.3) is 0 Å². The average molecular weight is 264 g/mol. The summed E-state index contributed by atoms with van der Waals surface area (Å²) in [7, 11) is 0. The standard InChI is InChI=1S/C14H20N2O3/c1-4-19-14(18)15-8-7-13(17)16-12-9-10(2)5-6-11(12)3/h5-6,9H,4,7-8H2,1-3H3,(H,15,18)(H,16,17). The van der Waals surface area contributed by atoms with Crippen LogP contribution in [0, 0.1) is 13.8 Å². The molecule has 0 saturated carbocycles. The molecule has 0 unspecified atom stereocenters. The molecule has 104 valence electrons. The van der Waals surface area contributed by atoms with Gasteiger partial charge in [0.05, 0.1) is 6.61 Å². The summed E-state index contributed by atoms with van der Waals surface area (Å²) < 4.78 is 4.70. The van der Waals surface area contributed by atoms with Crippen LogP contribution >= 0.6 is 0 Å². The number of ether oxygens (including phenoxy) is 1. The van der Waals surface area contributed by atoms with Gasteiger partial charge in [0.15, 0.2) is 0 Å². The molecule has 0 heterocycles. The number of aryl methyl sites for hydroxylation is 2. The van der Waals surface area contributed by atoms with Crippen LogP contribution in [-0.4, -0.2) is 25.2 Å². The summed E-state index contributed by atoms with van der Waals surface area (Å²) in [6.07, 6.45) is -0.284. The smallest absolute Gasteiger partial charge is 0.407 e. The van der Waals surface area contributed by atoms with Gasteiger partial charge in [-0.05, 0) is 38.0 Å². The van der Waals surface area contributed by atoms with Crippen molar-refractivity contribution in [2.24, 2.45) is 0 Å². The van der Waals surface area contributed by atoms with E-state index in [1.807, 2.05) is 32.0 Å². The molecule has 0 aliphatic carbocycles. The molecule has 0 aliphatic heterocycles. The van der Waals surface area contributed by atoms with Crippen molar-refractivity contribution >= 4 is 17.7 Å². The van der Waals surface area contributed by atoms with Crippen LogP contribution < -0.4 is 10.6 Å². The molecule has 5 heteroatoms. The van der Waals surface area contributed by atoms with Crippen molar-refractivity contribution < 1.29 is 14.3 Å². The first kappa shape index (κ1) is 15.0. The van der Waals surface area contributed by atoms with Crippen LogP contribution in [0.25, 0.3) is 0 Å². The molecule has 0 radical (unpaired) electrons. The van der Waals surface area contributed by atoms with Crippen molar-refractivity contribution in [2.45, 2.75) is 27.2 Å². The van der Waals surface area contributed by atoms with Crippen LogP contribution in [-0.2, 0) is 9.53 Å². The maximum absolute atomic E-state index is 11.7. The minimum Gasteiger partial charge on any atom is -0.450 e. The van der Waals surface area contributed by atoms with Gasteiger partial charge in [-0.15, -0.1) is 0 Å². The molecule has 0 saturated heterocycles. The lowest BCUT2D eigenvalue weighted by Gasteiger charge is -2.09. The Morgan fingerprint density at radius 2 is 2.00 bits per heavy atom. The molecule has 0 aromatic heterocycles. The first-order valence-electron chi connectivity index (χ1n) is 6.30. The summed E-state index contributed by atoms with van der Waals surface area (Å²) >= 11 is 0. The van der Waals surface area contributed by atoms with E-state index in [0.717, 1.165) is 16.8 Å². The Kier molecular flexibility index (Phi) is 5.85. The molecule has 0 spiro atoms. The van der Waals surface area contributed by atoms with Crippen molar-refractivity contribution in [3.63, 3.8) is 0 Å². The van der Waals surface area contributed by atoms with Gasteiger partial charge in [0, 0.05) is 18.7 Å². The number of rotatable bonds is 5. The zero-order valence-electron chi connectivity index (χ0n) is 11.6. The van der Waals surface area contributed by atoms with Crippen molar-refractivity contribution in [1.82, 2.24) is 5.32 Å². The van der Waals surface area contributed by atoms with E-state index in [1.165, 1.54) is 0 Å². The third-order valence-electron chi connectivity index (χ3n) is 2.56. The molecule has 1 aromatic rings. The normalized spacial score (nSPS) is 9.84. The quantitative estimate of drug-likeness (QED) is 0.858.